The summed E-state index contributed by atoms with van der Waals surface area (Å²) in [5, 5.41) is 6.44. The molecule has 180 valence electrons. The maximum Gasteiger partial charge on any atom is 0.246 e. The Labute approximate surface area is 200 Å². The van der Waals surface area contributed by atoms with E-state index in [4.69, 9.17) is 15.5 Å². The van der Waals surface area contributed by atoms with Gasteiger partial charge in [0, 0.05) is 12.1 Å². The van der Waals surface area contributed by atoms with Gasteiger partial charge in [-0.25, -0.2) is 9.98 Å². The molecule has 0 bridgehead atoms. The Kier molecular flexibility index (Phi) is 6.25. The zero-order chi connectivity index (χ0) is 23.7. The van der Waals surface area contributed by atoms with E-state index in [-0.39, 0.29) is 11.9 Å². The van der Waals surface area contributed by atoms with Crippen LogP contribution in [0, 0.1) is 5.92 Å². The molecule has 1 atom stereocenters. The lowest BCUT2D eigenvalue weighted by molar-refractivity contribution is -0.123. The number of benzene rings is 1. The third kappa shape index (κ3) is 4.64. The molecule has 1 aliphatic carbocycles. The maximum absolute atomic E-state index is 12.3. The van der Waals surface area contributed by atoms with E-state index in [1.165, 1.54) is 11.9 Å². The van der Waals surface area contributed by atoms with Crippen LogP contribution in [0.4, 0.5) is 11.5 Å². The number of hydrogen-bond donors (Lipinski definition) is 3. The summed E-state index contributed by atoms with van der Waals surface area (Å²) in [7, 11) is 0. The van der Waals surface area contributed by atoms with Crippen molar-refractivity contribution in [3.05, 3.63) is 41.7 Å². The minimum absolute atomic E-state index is 0.0106. The second-order valence-corrected chi connectivity index (χ2v) is 10.2. The van der Waals surface area contributed by atoms with Crippen molar-refractivity contribution in [2.45, 2.75) is 69.9 Å². The number of hydrogen-bond acceptors (Lipinski definition) is 7. The van der Waals surface area contributed by atoms with Crippen molar-refractivity contribution in [2.75, 3.05) is 18.8 Å². The fourth-order valence-electron chi connectivity index (χ4n) is 5.39. The first-order valence-electron chi connectivity index (χ1n) is 12.4. The van der Waals surface area contributed by atoms with Crippen LogP contribution in [0.15, 0.2) is 35.6 Å². The molecule has 0 radical (unpaired) electrons. The third-order valence-electron chi connectivity index (χ3n) is 7.41. The van der Waals surface area contributed by atoms with Crippen LogP contribution in [0.3, 0.4) is 0 Å². The van der Waals surface area contributed by atoms with Gasteiger partial charge in [-0.1, -0.05) is 24.3 Å². The number of nitrogens with two attached hydrogens (primary N) is 1. The van der Waals surface area contributed by atoms with Crippen LogP contribution in [0.25, 0.3) is 0 Å². The number of amides is 1. The van der Waals surface area contributed by atoms with Crippen LogP contribution in [0.5, 0.6) is 5.88 Å². The van der Waals surface area contributed by atoms with Crippen LogP contribution < -0.4 is 21.1 Å². The minimum Gasteiger partial charge on any atom is -0.463 e. The Morgan fingerprint density at radius 2 is 1.91 bits per heavy atom. The number of nitrogens with zero attached hydrogens (tertiary/aromatic N) is 3. The number of carbonyl (C=O) groups is 1. The van der Waals surface area contributed by atoms with E-state index in [2.05, 4.69) is 44.9 Å². The lowest BCUT2D eigenvalue weighted by Crippen LogP contribution is -2.42. The van der Waals surface area contributed by atoms with Crippen molar-refractivity contribution in [3.8, 4) is 5.88 Å². The van der Waals surface area contributed by atoms with Gasteiger partial charge in [-0.3, -0.25) is 4.79 Å². The van der Waals surface area contributed by atoms with Crippen molar-refractivity contribution in [3.63, 3.8) is 0 Å². The molecule has 5 rings (SSSR count). The van der Waals surface area contributed by atoms with Crippen molar-refractivity contribution < 1.29 is 9.53 Å². The Morgan fingerprint density at radius 3 is 2.62 bits per heavy atom. The molecule has 1 saturated heterocycles. The number of carbonyl (C=O) groups excluding carboxylic acids is 1. The summed E-state index contributed by atoms with van der Waals surface area (Å²) in [6.45, 7) is 5.73. The highest BCUT2D eigenvalue weighted by Gasteiger charge is 2.35. The van der Waals surface area contributed by atoms with Gasteiger partial charge >= 0.3 is 0 Å². The third-order valence-corrected chi connectivity index (χ3v) is 7.41. The standard InChI is InChI=1S/C26H34N6O2/c1-26(2)22(32-21-23(27)30-15-31-25(21)34-26)19-11-9-18(10-12-19)17-7-5-16(6-8-17)14-29-24(33)20-4-3-13-28-20/h9-12,15-17,20,28H,3-8,13-14H2,1-2H3,(H,29,33)(H2,27,30,31)/t16-,17-,20-/m0/s1. The zero-order valence-electron chi connectivity index (χ0n) is 20.0. The van der Waals surface area contributed by atoms with Crippen LogP contribution in [0.1, 0.15) is 69.4 Å². The van der Waals surface area contributed by atoms with E-state index in [0.717, 1.165) is 62.9 Å². The molecule has 8 nitrogen and oxygen atoms in total. The van der Waals surface area contributed by atoms with Crippen LogP contribution in [-0.2, 0) is 4.79 Å². The second kappa shape index (κ2) is 9.33. The molecule has 8 heteroatoms. The molecule has 0 spiro atoms. The lowest BCUT2D eigenvalue weighted by atomic mass is 9.78. The first kappa shape index (κ1) is 22.8. The van der Waals surface area contributed by atoms with E-state index >= 15 is 0 Å². The first-order chi connectivity index (χ1) is 16.4. The number of fused-ring (bicyclic) bond motifs is 1. The van der Waals surface area contributed by atoms with Gasteiger partial charge < -0.3 is 21.1 Å². The molecule has 3 aliphatic rings. The molecule has 3 heterocycles. The summed E-state index contributed by atoms with van der Waals surface area (Å²) in [5.41, 5.74) is 9.08. The number of nitrogen functional groups attached to an aromatic ring is 1. The fraction of sp³-hybridized carbons (Fsp3) is 0.538. The molecule has 1 amide bonds. The molecule has 2 fully saturated rings. The highest BCUT2D eigenvalue weighted by molar-refractivity contribution is 6.09. The van der Waals surface area contributed by atoms with Crippen molar-refractivity contribution in [2.24, 2.45) is 10.9 Å². The minimum atomic E-state index is -0.619. The van der Waals surface area contributed by atoms with Gasteiger partial charge in [0.1, 0.15) is 11.9 Å². The molecule has 34 heavy (non-hydrogen) atoms. The monoisotopic (exact) mass is 462 g/mol. The Bertz CT molecular complexity index is 1070. The van der Waals surface area contributed by atoms with Gasteiger partial charge in [-0.2, -0.15) is 4.98 Å². The average molecular weight is 463 g/mol. The van der Waals surface area contributed by atoms with Gasteiger partial charge in [0.05, 0.1) is 11.8 Å². The van der Waals surface area contributed by atoms with Crippen LogP contribution in [0.2, 0.25) is 0 Å². The summed E-state index contributed by atoms with van der Waals surface area (Å²) < 4.78 is 6.10. The van der Waals surface area contributed by atoms with E-state index < -0.39 is 5.60 Å². The molecule has 1 saturated carbocycles. The normalized spacial score (nSPS) is 25.7. The Balaban J connectivity index is 1.20. The molecule has 1 aromatic carbocycles. The summed E-state index contributed by atoms with van der Waals surface area (Å²) in [5.74, 6) is 2.04. The lowest BCUT2D eigenvalue weighted by Gasteiger charge is -2.32. The van der Waals surface area contributed by atoms with Crippen LogP contribution >= 0.6 is 0 Å². The fourth-order valence-corrected chi connectivity index (χ4v) is 5.39. The van der Waals surface area contributed by atoms with Gasteiger partial charge in [-0.15, -0.1) is 0 Å². The summed E-state index contributed by atoms with van der Waals surface area (Å²) in [6, 6.07) is 8.70. The topological polar surface area (TPSA) is 115 Å². The Hall–Kier alpha value is -3.00. The van der Waals surface area contributed by atoms with Gasteiger partial charge in [0.15, 0.2) is 11.5 Å². The largest absolute Gasteiger partial charge is 0.463 e. The number of aliphatic imine (C=N–C) groups is 1. The zero-order valence-corrected chi connectivity index (χ0v) is 20.0. The predicted octanol–water partition coefficient (Wildman–Crippen LogP) is 3.49. The van der Waals surface area contributed by atoms with Gasteiger partial charge in [0.25, 0.3) is 0 Å². The van der Waals surface area contributed by atoms with E-state index in [9.17, 15) is 4.79 Å². The highest BCUT2D eigenvalue weighted by atomic mass is 16.5. The second-order valence-electron chi connectivity index (χ2n) is 10.2. The number of anilines is 1. The average Bonchev–Trinajstić information content (AvgIpc) is 3.38. The molecule has 2 aliphatic heterocycles. The smallest absolute Gasteiger partial charge is 0.246 e. The van der Waals surface area contributed by atoms with E-state index in [0.29, 0.717) is 29.2 Å². The highest BCUT2D eigenvalue weighted by Crippen LogP contribution is 2.40. The van der Waals surface area contributed by atoms with Crippen LogP contribution in [-0.4, -0.2) is 46.3 Å². The molecule has 0 unspecified atom stereocenters. The number of nitrogens with one attached hydrogen (secondary N) is 2. The molecule has 1 aromatic heterocycles. The maximum atomic E-state index is 12.3. The Morgan fingerprint density at radius 1 is 1.15 bits per heavy atom. The van der Waals surface area contributed by atoms with Crippen molar-refractivity contribution >= 4 is 23.1 Å². The van der Waals surface area contributed by atoms with Gasteiger partial charge in [0.2, 0.25) is 11.8 Å². The predicted molar refractivity (Wildman–Crippen MR) is 133 cm³/mol. The molecule has 2 aromatic rings. The van der Waals surface area contributed by atoms with Crippen molar-refractivity contribution in [1.82, 2.24) is 20.6 Å². The van der Waals surface area contributed by atoms with E-state index in [1.54, 1.807) is 0 Å². The number of ether oxygens (including phenoxy) is 1. The molecule has 4 N–H and O–H groups in total. The van der Waals surface area contributed by atoms with E-state index in [1.807, 2.05) is 13.8 Å². The molecular weight excluding hydrogens is 428 g/mol. The molecular formula is C26H34N6O2. The summed E-state index contributed by atoms with van der Waals surface area (Å²) in [4.78, 5) is 25.3. The number of rotatable bonds is 5. The van der Waals surface area contributed by atoms with Gasteiger partial charge in [-0.05, 0) is 76.3 Å². The quantitative estimate of drug-likeness (QED) is 0.627. The number of aromatic nitrogens is 2. The SMILES string of the molecule is CC1(C)Oc2ncnc(N)c2N=C1c1ccc([C@H]2CC[C@H](CNC(=O)[C@@H]3CCCN3)CC2)cc1. The summed E-state index contributed by atoms with van der Waals surface area (Å²) in [6.07, 6.45) is 8.04. The van der Waals surface area contributed by atoms with Crippen molar-refractivity contribution in [1.29, 1.82) is 0 Å². The first-order valence-corrected chi connectivity index (χ1v) is 12.4. The summed E-state index contributed by atoms with van der Waals surface area (Å²) >= 11 is 0.